The Bertz CT molecular complexity index is 600. The van der Waals surface area contributed by atoms with Crippen LogP contribution in [-0.4, -0.2) is 9.97 Å². The second kappa shape index (κ2) is 3.06. The van der Waals surface area contributed by atoms with Gasteiger partial charge < -0.3 is 10.2 Å². The second-order valence-corrected chi connectivity index (χ2v) is 4.03. The zero-order valence-corrected chi connectivity index (χ0v) is 8.49. The Morgan fingerprint density at radius 3 is 3.13 bits per heavy atom. The quantitative estimate of drug-likeness (QED) is 0.680. The van der Waals surface area contributed by atoms with E-state index in [2.05, 4.69) is 9.97 Å². The summed E-state index contributed by atoms with van der Waals surface area (Å²) >= 11 is 1.58. The molecule has 0 unspecified atom stereocenters. The lowest BCUT2D eigenvalue weighted by molar-refractivity contribution is 0.621. The molecule has 0 saturated carbocycles. The lowest BCUT2D eigenvalue weighted by Crippen LogP contribution is -1.85. The van der Waals surface area contributed by atoms with Gasteiger partial charge in [-0.2, -0.15) is 4.98 Å². The molecule has 3 aromatic rings. The molecule has 5 heteroatoms. The smallest absolute Gasteiger partial charge is 0.239 e. The average Bonchev–Trinajstić information content (AvgIpc) is 2.84. The van der Waals surface area contributed by atoms with E-state index < -0.39 is 0 Å². The highest BCUT2D eigenvalue weighted by molar-refractivity contribution is 7.13. The SMILES string of the molecule is Nc1cnc2nc(-c3cccs3)oc2c1. The molecule has 0 aromatic carbocycles. The van der Waals surface area contributed by atoms with Crippen molar-refractivity contribution >= 4 is 28.3 Å². The van der Waals surface area contributed by atoms with Crippen molar-refractivity contribution in [2.24, 2.45) is 0 Å². The molecule has 0 fully saturated rings. The molecule has 0 bridgehead atoms. The van der Waals surface area contributed by atoms with E-state index in [1.807, 2.05) is 17.5 Å². The minimum absolute atomic E-state index is 0.580. The van der Waals surface area contributed by atoms with Crippen LogP contribution < -0.4 is 5.73 Å². The number of pyridine rings is 1. The highest BCUT2D eigenvalue weighted by atomic mass is 32.1. The summed E-state index contributed by atoms with van der Waals surface area (Å²) in [4.78, 5) is 9.35. The highest BCUT2D eigenvalue weighted by Gasteiger charge is 2.09. The van der Waals surface area contributed by atoms with Gasteiger partial charge in [0.25, 0.3) is 0 Å². The number of rotatable bonds is 1. The zero-order chi connectivity index (χ0) is 10.3. The third-order valence-corrected chi connectivity index (χ3v) is 2.86. The van der Waals surface area contributed by atoms with Crippen molar-refractivity contribution in [1.82, 2.24) is 9.97 Å². The maximum Gasteiger partial charge on any atom is 0.239 e. The molecule has 74 valence electrons. The number of thiophene rings is 1. The number of anilines is 1. The van der Waals surface area contributed by atoms with Crippen molar-refractivity contribution in [2.75, 3.05) is 5.73 Å². The highest BCUT2D eigenvalue weighted by Crippen LogP contribution is 2.27. The predicted molar refractivity (Wildman–Crippen MR) is 59.5 cm³/mol. The first-order chi connectivity index (χ1) is 7.33. The summed E-state index contributed by atoms with van der Waals surface area (Å²) in [5.41, 5.74) is 7.40. The standard InChI is InChI=1S/C10H7N3OS/c11-6-4-7-9(12-5-6)13-10(14-7)8-2-1-3-15-8/h1-5H,11H2. The molecule has 0 saturated heterocycles. The minimum Gasteiger partial charge on any atom is -0.433 e. The van der Waals surface area contributed by atoms with Gasteiger partial charge >= 0.3 is 0 Å². The summed E-state index contributed by atoms with van der Waals surface area (Å²) in [7, 11) is 0. The molecule has 0 aliphatic heterocycles. The van der Waals surface area contributed by atoms with Crippen LogP contribution in [0.4, 0.5) is 5.69 Å². The number of nitrogen functional groups attached to an aromatic ring is 1. The molecule has 3 heterocycles. The van der Waals surface area contributed by atoms with E-state index in [4.69, 9.17) is 10.2 Å². The van der Waals surface area contributed by atoms with Gasteiger partial charge in [-0.05, 0) is 11.4 Å². The Morgan fingerprint density at radius 1 is 1.40 bits per heavy atom. The fourth-order valence-electron chi connectivity index (χ4n) is 1.34. The molecule has 15 heavy (non-hydrogen) atoms. The van der Waals surface area contributed by atoms with E-state index in [0.29, 0.717) is 22.8 Å². The number of aromatic nitrogens is 2. The van der Waals surface area contributed by atoms with E-state index in [9.17, 15) is 0 Å². The van der Waals surface area contributed by atoms with Crippen LogP contribution >= 0.6 is 11.3 Å². The fraction of sp³-hybridized carbons (Fsp3) is 0. The van der Waals surface area contributed by atoms with Crippen molar-refractivity contribution in [1.29, 1.82) is 0 Å². The number of hydrogen-bond donors (Lipinski definition) is 1. The Kier molecular flexibility index (Phi) is 1.72. The maximum atomic E-state index is 5.60. The third kappa shape index (κ3) is 1.37. The van der Waals surface area contributed by atoms with E-state index in [1.54, 1.807) is 23.6 Å². The topological polar surface area (TPSA) is 64.9 Å². The first kappa shape index (κ1) is 8.43. The monoisotopic (exact) mass is 217 g/mol. The Hall–Kier alpha value is -1.88. The first-order valence-corrected chi connectivity index (χ1v) is 5.27. The van der Waals surface area contributed by atoms with E-state index in [-0.39, 0.29) is 0 Å². The van der Waals surface area contributed by atoms with Gasteiger partial charge in [-0.25, -0.2) is 4.98 Å². The summed E-state index contributed by atoms with van der Waals surface area (Å²) in [5.74, 6) is 0.595. The summed E-state index contributed by atoms with van der Waals surface area (Å²) in [6, 6.07) is 5.64. The van der Waals surface area contributed by atoms with Crippen molar-refractivity contribution < 1.29 is 4.42 Å². The summed E-state index contributed by atoms with van der Waals surface area (Å²) < 4.78 is 5.55. The molecule has 3 aromatic heterocycles. The van der Waals surface area contributed by atoms with Gasteiger partial charge in [0.2, 0.25) is 5.89 Å². The first-order valence-electron chi connectivity index (χ1n) is 4.39. The molecular weight excluding hydrogens is 210 g/mol. The normalized spacial score (nSPS) is 10.9. The van der Waals surface area contributed by atoms with Crippen molar-refractivity contribution in [3.8, 4) is 10.8 Å². The summed E-state index contributed by atoms with van der Waals surface area (Å²) in [6.45, 7) is 0. The Morgan fingerprint density at radius 2 is 2.33 bits per heavy atom. The van der Waals surface area contributed by atoms with E-state index in [0.717, 1.165) is 4.88 Å². The number of oxazole rings is 1. The van der Waals surface area contributed by atoms with Crippen molar-refractivity contribution in [3.05, 3.63) is 29.8 Å². The van der Waals surface area contributed by atoms with Gasteiger partial charge in [0.15, 0.2) is 11.2 Å². The Labute approximate surface area is 89.4 Å². The number of fused-ring (bicyclic) bond motifs is 1. The molecule has 3 rings (SSSR count). The number of nitrogens with zero attached hydrogens (tertiary/aromatic N) is 2. The molecule has 4 nitrogen and oxygen atoms in total. The molecule has 0 atom stereocenters. The van der Waals surface area contributed by atoms with Crippen molar-refractivity contribution in [2.45, 2.75) is 0 Å². The second-order valence-electron chi connectivity index (χ2n) is 3.09. The van der Waals surface area contributed by atoms with Gasteiger partial charge in [0.1, 0.15) is 0 Å². The minimum atomic E-state index is 0.580. The van der Waals surface area contributed by atoms with Gasteiger partial charge in [-0.3, -0.25) is 0 Å². The van der Waals surface area contributed by atoms with Crippen molar-refractivity contribution in [3.63, 3.8) is 0 Å². The predicted octanol–water partition coefficient (Wildman–Crippen LogP) is 2.53. The summed E-state index contributed by atoms with van der Waals surface area (Å²) in [6.07, 6.45) is 1.57. The van der Waals surface area contributed by atoms with Crippen LogP contribution in [0.3, 0.4) is 0 Å². The lowest BCUT2D eigenvalue weighted by atomic mass is 10.4. The maximum absolute atomic E-state index is 5.60. The molecule has 2 N–H and O–H groups in total. The van der Waals surface area contributed by atoms with Gasteiger partial charge in [0.05, 0.1) is 16.8 Å². The van der Waals surface area contributed by atoms with Crippen LogP contribution in [0.2, 0.25) is 0 Å². The average molecular weight is 217 g/mol. The van der Waals surface area contributed by atoms with E-state index >= 15 is 0 Å². The molecule has 0 aliphatic carbocycles. The van der Waals surface area contributed by atoms with Crippen LogP contribution in [-0.2, 0) is 0 Å². The molecule has 0 amide bonds. The number of hydrogen-bond acceptors (Lipinski definition) is 5. The van der Waals surface area contributed by atoms with Crippen LogP contribution in [0.15, 0.2) is 34.2 Å². The lowest BCUT2D eigenvalue weighted by Gasteiger charge is -1.87. The molecule has 0 radical (unpaired) electrons. The number of nitrogens with two attached hydrogens (primary N) is 1. The molecular formula is C10H7N3OS. The molecule has 0 aliphatic rings. The largest absolute Gasteiger partial charge is 0.433 e. The van der Waals surface area contributed by atoms with Gasteiger partial charge in [-0.15, -0.1) is 11.3 Å². The van der Waals surface area contributed by atoms with E-state index in [1.165, 1.54) is 0 Å². The fourth-order valence-corrected chi connectivity index (χ4v) is 1.99. The van der Waals surface area contributed by atoms with Crippen LogP contribution in [0.25, 0.3) is 22.0 Å². The third-order valence-electron chi connectivity index (χ3n) is 2.00. The molecule has 0 spiro atoms. The van der Waals surface area contributed by atoms with Gasteiger partial charge in [0, 0.05) is 6.07 Å². The van der Waals surface area contributed by atoms with Crippen LogP contribution in [0.5, 0.6) is 0 Å². The van der Waals surface area contributed by atoms with Crippen LogP contribution in [0.1, 0.15) is 0 Å². The zero-order valence-electron chi connectivity index (χ0n) is 7.68. The Balaban J connectivity index is 2.22. The summed E-state index contributed by atoms with van der Waals surface area (Å²) in [5, 5.41) is 1.98. The van der Waals surface area contributed by atoms with Crippen LogP contribution in [0, 0.1) is 0 Å². The van der Waals surface area contributed by atoms with Gasteiger partial charge in [-0.1, -0.05) is 6.07 Å².